The van der Waals surface area contributed by atoms with Gasteiger partial charge in [0.15, 0.2) is 14.9 Å². The third-order valence-electron chi connectivity index (χ3n) is 6.91. The molecule has 0 atom stereocenters. The van der Waals surface area contributed by atoms with E-state index in [9.17, 15) is 36.0 Å². The Hall–Kier alpha value is -5.19. The van der Waals surface area contributed by atoms with Crippen molar-refractivity contribution < 1.29 is 45.4 Å². The van der Waals surface area contributed by atoms with Gasteiger partial charge in [-0.3, -0.25) is 4.79 Å². The van der Waals surface area contributed by atoms with Crippen LogP contribution < -0.4 is 9.64 Å². The fourth-order valence-electron chi connectivity index (χ4n) is 4.75. The Morgan fingerprint density at radius 3 is 2.24 bits per heavy atom. The number of hydrogen-bond acceptors (Lipinski definition) is 9. The minimum atomic E-state index is -5.32. The van der Waals surface area contributed by atoms with E-state index in [1.54, 1.807) is 59.3 Å². The van der Waals surface area contributed by atoms with Crippen LogP contribution in [-0.4, -0.2) is 83.8 Å². The van der Waals surface area contributed by atoms with E-state index in [4.69, 9.17) is 4.74 Å². The van der Waals surface area contributed by atoms with Crippen LogP contribution in [0.2, 0.25) is 0 Å². The molecule has 17 heteroatoms. The summed E-state index contributed by atoms with van der Waals surface area (Å²) in [5.41, 5.74) is 1.97. The molecule has 2 aromatic heterocycles. The number of methoxy groups -OCH3 is 1. The SMILES string of the molecule is COc1ccc(-n2nc(S(C)(=O)=O)c3c2C(=O)N(c2ccc(-n4ccnc4CN(C)C(=O)OC(=O)C(F)(F)F)cc2)CC3)cc1. The smallest absolute Gasteiger partial charge is 0.491 e. The number of rotatable bonds is 7. The molecule has 0 aliphatic carbocycles. The first-order valence-corrected chi connectivity index (χ1v) is 15.0. The molecule has 4 aromatic rings. The van der Waals surface area contributed by atoms with E-state index in [1.807, 2.05) is 0 Å². The van der Waals surface area contributed by atoms with Crippen LogP contribution in [-0.2, 0) is 32.3 Å². The molecule has 3 heterocycles. The lowest BCUT2D eigenvalue weighted by atomic mass is 10.1. The van der Waals surface area contributed by atoms with Gasteiger partial charge in [-0.05, 0) is 55.0 Å². The average Bonchev–Trinajstić information content (AvgIpc) is 3.62. The second kappa shape index (κ2) is 11.7. The molecule has 0 fully saturated rings. The molecule has 0 saturated heterocycles. The maximum Gasteiger partial charge on any atom is 0.491 e. The quantitative estimate of drug-likeness (QED) is 0.218. The molecule has 0 spiro atoms. The summed E-state index contributed by atoms with van der Waals surface area (Å²) >= 11 is 0. The van der Waals surface area contributed by atoms with Gasteiger partial charge in [0.2, 0.25) is 0 Å². The van der Waals surface area contributed by atoms with Gasteiger partial charge in [0.05, 0.1) is 19.3 Å². The third kappa shape index (κ3) is 6.24. The van der Waals surface area contributed by atoms with Crippen LogP contribution in [0.4, 0.5) is 23.7 Å². The molecule has 0 unspecified atom stereocenters. The van der Waals surface area contributed by atoms with E-state index < -0.39 is 34.0 Å². The van der Waals surface area contributed by atoms with Gasteiger partial charge in [0, 0.05) is 49.2 Å². The van der Waals surface area contributed by atoms with Crippen molar-refractivity contribution in [3.8, 4) is 17.1 Å². The second-order valence-electron chi connectivity index (χ2n) is 9.96. The van der Waals surface area contributed by atoms with Crippen molar-refractivity contribution in [2.75, 3.05) is 31.9 Å². The van der Waals surface area contributed by atoms with Gasteiger partial charge >= 0.3 is 18.2 Å². The minimum Gasteiger partial charge on any atom is -0.497 e. The molecule has 0 N–H and O–H groups in total. The molecule has 0 radical (unpaired) electrons. The van der Waals surface area contributed by atoms with Gasteiger partial charge in [-0.1, -0.05) is 0 Å². The van der Waals surface area contributed by atoms with Crippen LogP contribution in [0.15, 0.2) is 66.0 Å². The van der Waals surface area contributed by atoms with E-state index in [2.05, 4.69) is 14.8 Å². The standard InChI is InChI=1S/C28H25F3N6O7S/c1-34(27(40)44-26(39)28(29,30)31)16-22-32-13-15-35(22)17-4-6-18(7-5-17)36-14-12-21-23(25(36)38)37(33-24(21)45(3,41)42)19-8-10-20(43-2)11-9-19/h4-11,13,15H,12,14,16H2,1-3H3. The van der Waals surface area contributed by atoms with Gasteiger partial charge in [-0.25, -0.2) is 27.7 Å². The number of ether oxygens (including phenoxy) is 2. The number of nitrogens with zero attached hydrogens (tertiary/aromatic N) is 6. The number of sulfone groups is 1. The van der Waals surface area contributed by atoms with Crippen molar-refractivity contribution in [2.24, 2.45) is 0 Å². The lowest BCUT2D eigenvalue weighted by molar-refractivity contribution is -0.193. The van der Waals surface area contributed by atoms with Crippen LogP contribution >= 0.6 is 0 Å². The predicted octanol–water partition coefficient (Wildman–Crippen LogP) is 3.33. The van der Waals surface area contributed by atoms with Crippen LogP contribution in [0.1, 0.15) is 21.9 Å². The number of halogens is 3. The molecule has 1 aliphatic rings. The van der Waals surface area contributed by atoms with Crippen LogP contribution in [0, 0.1) is 0 Å². The number of amides is 2. The first-order valence-electron chi connectivity index (χ1n) is 13.1. The molecule has 0 bridgehead atoms. The van der Waals surface area contributed by atoms with Crippen molar-refractivity contribution in [3.63, 3.8) is 0 Å². The average molecular weight is 647 g/mol. The zero-order valence-corrected chi connectivity index (χ0v) is 24.8. The second-order valence-corrected chi connectivity index (χ2v) is 11.9. The zero-order chi connectivity index (χ0) is 32.7. The molecule has 2 amide bonds. The van der Waals surface area contributed by atoms with Gasteiger partial charge in [0.1, 0.15) is 17.3 Å². The van der Waals surface area contributed by atoms with E-state index in [0.29, 0.717) is 28.4 Å². The number of esters is 1. The fraction of sp³-hybridized carbons (Fsp3) is 0.250. The molecule has 5 rings (SSSR count). The van der Waals surface area contributed by atoms with Gasteiger partial charge in [0.25, 0.3) is 5.91 Å². The summed E-state index contributed by atoms with van der Waals surface area (Å²) in [4.78, 5) is 43.2. The van der Waals surface area contributed by atoms with E-state index in [1.165, 1.54) is 22.9 Å². The summed E-state index contributed by atoms with van der Waals surface area (Å²) in [5, 5.41) is 4.14. The highest BCUT2D eigenvalue weighted by atomic mass is 32.2. The van der Waals surface area contributed by atoms with Crippen molar-refractivity contribution in [2.45, 2.75) is 24.2 Å². The Bertz CT molecular complexity index is 1880. The third-order valence-corrected chi connectivity index (χ3v) is 7.94. The van der Waals surface area contributed by atoms with Crippen molar-refractivity contribution in [1.29, 1.82) is 0 Å². The first-order chi connectivity index (χ1) is 21.2. The molecular weight excluding hydrogens is 621 g/mol. The Kier molecular flexibility index (Phi) is 8.14. The van der Waals surface area contributed by atoms with Gasteiger partial charge < -0.3 is 23.8 Å². The van der Waals surface area contributed by atoms with E-state index in [0.717, 1.165) is 18.2 Å². The zero-order valence-electron chi connectivity index (χ0n) is 24.0. The number of alkyl halides is 3. The van der Waals surface area contributed by atoms with Crippen LogP contribution in [0.5, 0.6) is 5.75 Å². The highest BCUT2D eigenvalue weighted by molar-refractivity contribution is 7.90. The lowest BCUT2D eigenvalue weighted by Crippen LogP contribution is -2.39. The molecule has 0 saturated carbocycles. The number of imidazole rings is 1. The molecule has 2 aromatic carbocycles. The number of anilines is 1. The highest BCUT2D eigenvalue weighted by Gasteiger charge is 2.43. The van der Waals surface area contributed by atoms with Crippen molar-refractivity contribution in [3.05, 3.63) is 78.0 Å². The summed E-state index contributed by atoms with van der Waals surface area (Å²) in [6, 6.07) is 13.3. The molecule has 13 nitrogen and oxygen atoms in total. The van der Waals surface area contributed by atoms with E-state index >= 15 is 0 Å². The van der Waals surface area contributed by atoms with Gasteiger partial charge in [-0.2, -0.15) is 18.3 Å². The maximum absolute atomic E-state index is 13.9. The predicted molar refractivity (Wildman–Crippen MR) is 151 cm³/mol. The Morgan fingerprint density at radius 2 is 1.64 bits per heavy atom. The number of carbonyl (C=O) groups excluding carboxylic acids is 3. The summed E-state index contributed by atoms with van der Waals surface area (Å²) in [7, 11) is -1.09. The Morgan fingerprint density at radius 1 is 1.02 bits per heavy atom. The summed E-state index contributed by atoms with van der Waals surface area (Å²) in [6.07, 6.45) is -2.58. The normalized spacial score (nSPS) is 13.4. The molecule has 45 heavy (non-hydrogen) atoms. The number of hydrogen-bond donors (Lipinski definition) is 0. The highest BCUT2D eigenvalue weighted by Crippen LogP contribution is 2.31. The molecule has 236 valence electrons. The van der Waals surface area contributed by atoms with E-state index in [-0.39, 0.29) is 36.1 Å². The summed E-state index contributed by atoms with van der Waals surface area (Å²) in [6.45, 7) is -0.105. The minimum absolute atomic E-state index is 0.117. The van der Waals surface area contributed by atoms with Crippen LogP contribution in [0.3, 0.4) is 0 Å². The summed E-state index contributed by atoms with van der Waals surface area (Å²) in [5.74, 6) is -2.27. The number of carbonyl (C=O) groups is 3. The molecular formula is C28H25F3N6O7S. The lowest BCUT2D eigenvalue weighted by Gasteiger charge is -2.28. The first kappa shape index (κ1) is 31.2. The largest absolute Gasteiger partial charge is 0.497 e. The fourth-order valence-corrected chi connectivity index (χ4v) is 5.63. The molecule has 1 aliphatic heterocycles. The maximum atomic E-state index is 13.9. The monoisotopic (exact) mass is 646 g/mol. The Labute approximate surface area is 254 Å². The van der Waals surface area contributed by atoms with Gasteiger partial charge in [-0.15, -0.1) is 0 Å². The van der Waals surface area contributed by atoms with Crippen molar-refractivity contribution >= 4 is 33.5 Å². The Balaban J connectivity index is 1.39. The number of benzene rings is 2. The summed E-state index contributed by atoms with van der Waals surface area (Å²) < 4.78 is 74.4. The number of fused-ring (bicyclic) bond motifs is 1. The van der Waals surface area contributed by atoms with Crippen molar-refractivity contribution in [1.82, 2.24) is 24.2 Å². The van der Waals surface area contributed by atoms with Crippen LogP contribution in [0.25, 0.3) is 11.4 Å². The topological polar surface area (TPSA) is 146 Å². The number of aromatic nitrogens is 4.